The maximum Gasteiger partial charge on any atom is 0.252 e. The van der Waals surface area contributed by atoms with Gasteiger partial charge in [-0.15, -0.1) is 0 Å². The van der Waals surface area contributed by atoms with Gasteiger partial charge in [-0.1, -0.05) is 20.8 Å². The van der Waals surface area contributed by atoms with E-state index >= 15 is 0 Å². The molecule has 32 heavy (non-hydrogen) atoms. The highest BCUT2D eigenvalue weighted by molar-refractivity contribution is 14.1. The molecule has 5 nitrogen and oxygen atoms in total. The third-order valence-corrected chi connectivity index (χ3v) is 7.20. The summed E-state index contributed by atoms with van der Waals surface area (Å²) in [6, 6.07) is 13.0. The van der Waals surface area contributed by atoms with Gasteiger partial charge in [-0.2, -0.15) is 9.78 Å². The van der Waals surface area contributed by atoms with Crippen LogP contribution < -0.4 is 0 Å². The molecule has 1 aliphatic heterocycles. The summed E-state index contributed by atoms with van der Waals surface area (Å²) in [7, 11) is 0. The molecule has 4 aromatic rings. The molecule has 0 saturated carbocycles. The van der Waals surface area contributed by atoms with Gasteiger partial charge >= 0.3 is 0 Å². The van der Waals surface area contributed by atoms with E-state index in [0.717, 1.165) is 37.0 Å². The van der Waals surface area contributed by atoms with Crippen LogP contribution >= 0.6 is 22.6 Å². The summed E-state index contributed by atoms with van der Waals surface area (Å²) in [5.41, 5.74) is 5.35. The second-order valence-electron chi connectivity index (χ2n) is 9.75. The van der Waals surface area contributed by atoms with E-state index in [1.807, 2.05) is 27.0 Å². The summed E-state index contributed by atoms with van der Waals surface area (Å²) in [6.45, 7) is 9.62. The van der Waals surface area contributed by atoms with E-state index in [4.69, 9.17) is 4.74 Å². The molecule has 0 N–H and O–H groups in total. The lowest BCUT2D eigenvalue weighted by molar-refractivity contribution is 0.0755. The normalized spacial score (nSPS) is 15.7. The molecular formula is C26H28IN3O2. The number of aryl methyl sites for hydroxylation is 1. The summed E-state index contributed by atoms with van der Waals surface area (Å²) in [4.78, 5) is 13.0. The van der Waals surface area contributed by atoms with Crippen LogP contribution in [0.4, 0.5) is 0 Å². The Balaban J connectivity index is 1.79. The lowest BCUT2D eigenvalue weighted by Crippen LogP contribution is -2.27. The summed E-state index contributed by atoms with van der Waals surface area (Å²) >= 11 is 2.35. The van der Waals surface area contributed by atoms with E-state index in [0.29, 0.717) is 5.92 Å². The van der Waals surface area contributed by atoms with Crippen molar-refractivity contribution in [3.63, 3.8) is 0 Å². The Morgan fingerprint density at radius 2 is 1.78 bits per heavy atom. The molecule has 0 atom stereocenters. The van der Waals surface area contributed by atoms with Crippen molar-refractivity contribution < 1.29 is 9.53 Å². The number of nitrogens with zero attached hydrogens (tertiary/aromatic N) is 3. The first-order valence-corrected chi connectivity index (χ1v) is 12.2. The molecular weight excluding hydrogens is 513 g/mol. The van der Waals surface area contributed by atoms with Crippen LogP contribution in [0.25, 0.3) is 27.5 Å². The Kier molecular flexibility index (Phi) is 5.40. The van der Waals surface area contributed by atoms with Gasteiger partial charge in [0, 0.05) is 50.3 Å². The Morgan fingerprint density at radius 3 is 2.44 bits per heavy atom. The molecule has 5 rings (SSSR count). The van der Waals surface area contributed by atoms with Gasteiger partial charge in [-0.3, -0.25) is 4.79 Å². The highest BCUT2D eigenvalue weighted by atomic mass is 127. The maximum absolute atomic E-state index is 13.0. The molecule has 2 aromatic heterocycles. The summed E-state index contributed by atoms with van der Waals surface area (Å²) in [5, 5.41) is 6.63. The third kappa shape index (κ3) is 3.57. The molecule has 3 heterocycles. The molecule has 0 amide bonds. The standard InChI is InChI=1S/C26H28IN3O2/c1-16-21-14-22-18(15-28-30(22)25(31)26(2,3)4)13-23(21)29(20-7-5-19(27)6-8-20)24(16)17-9-11-32-12-10-17/h5-8,13-15,17H,9-12H2,1-4H3. The molecule has 166 valence electrons. The number of hydrogen-bond acceptors (Lipinski definition) is 3. The molecule has 0 unspecified atom stereocenters. The molecule has 0 spiro atoms. The van der Waals surface area contributed by atoms with E-state index in [-0.39, 0.29) is 5.91 Å². The van der Waals surface area contributed by atoms with Gasteiger partial charge < -0.3 is 9.30 Å². The fraction of sp³-hybridized carbons (Fsp3) is 0.385. The van der Waals surface area contributed by atoms with Gasteiger partial charge in [0.1, 0.15) is 0 Å². The zero-order valence-corrected chi connectivity index (χ0v) is 21.1. The Hall–Kier alpha value is -2.19. The van der Waals surface area contributed by atoms with E-state index in [9.17, 15) is 4.79 Å². The average Bonchev–Trinajstić information content (AvgIpc) is 3.31. The number of fused-ring (bicyclic) bond motifs is 2. The van der Waals surface area contributed by atoms with Gasteiger partial charge in [0.2, 0.25) is 0 Å². The van der Waals surface area contributed by atoms with Crippen molar-refractivity contribution in [3.8, 4) is 5.69 Å². The molecule has 0 radical (unpaired) electrons. The first-order valence-electron chi connectivity index (χ1n) is 11.2. The largest absolute Gasteiger partial charge is 0.381 e. The highest BCUT2D eigenvalue weighted by Crippen LogP contribution is 2.39. The minimum absolute atomic E-state index is 0.00576. The molecule has 1 fully saturated rings. The predicted octanol–water partition coefficient (Wildman–Crippen LogP) is 6.47. The molecule has 2 aromatic carbocycles. The lowest BCUT2D eigenvalue weighted by Gasteiger charge is -2.25. The van der Waals surface area contributed by atoms with Crippen molar-refractivity contribution in [2.75, 3.05) is 13.2 Å². The third-order valence-electron chi connectivity index (χ3n) is 6.48. The van der Waals surface area contributed by atoms with Crippen LogP contribution in [0.1, 0.15) is 55.6 Å². The molecule has 0 bridgehead atoms. The zero-order valence-electron chi connectivity index (χ0n) is 19.0. The number of ether oxygens (including phenoxy) is 1. The van der Waals surface area contributed by atoms with Gasteiger partial charge in [0.25, 0.3) is 5.91 Å². The second-order valence-corrected chi connectivity index (χ2v) is 11.0. The van der Waals surface area contributed by atoms with Crippen molar-refractivity contribution in [2.24, 2.45) is 5.41 Å². The Morgan fingerprint density at radius 1 is 1.09 bits per heavy atom. The minimum Gasteiger partial charge on any atom is -0.381 e. The fourth-order valence-corrected chi connectivity index (χ4v) is 5.15. The summed E-state index contributed by atoms with van der Waals surface area (Å²) < 4.78 is 10.9. The van der Waals surface area contributed by atoms with E-state index in [1.54, 1.807) is 4.68 Å². The first-order chi connectivity index (χ1) is 15.3. The van der Waals surface area contributed by atoms with E-state index in [2.05, 4.69) is 75.6 Å². The van der Waals surface area contributed by atoms with Crippen LogP contribution in [0.5, 0.6) is 0 Å². The van der Waals surface area contributed by atoms with Crippen molar-refractivity contribution in [1.82, 2.24) is 14.3 Å². The number of carbonyl (C=O) groups is 1. The van der Waals surface area contributed by atoms with E-state index in [1.165, 1.54) is 31.4 Å². The van der Waals surface area contributed by atoms with Crippen molar-refractivity contribution in [2.45, 2.75) is 46.5 Å². The Bertz CT molecular complexity index is 1320. The van der Waals surface area contributed by atoms with Crippen molar-refractivity contribution >= 4 is 50.3 Å². The Labute approximate surface area is 201 Å². The van der Waals surface area contributed by atoms with Gasteiger partial charge in [0.15, 0.2) is 0 Å². The number of hydrogen-bond donors (Lipinski definition) is 0. The smallest absolute Gasteiger partial charge is 0.252 e. The fourth-order valence-electron chi connectivity index (χ4n) is 4.79. The average molecular weight is 541 g/mol. The first kappa shape index (κ1) is 21.6. The number of carbonyl (C=O) groups excluding carboxylic acids is 1. The summed E-state index contributed by atoms with van der Waals surface area (Å²) in [6.07, 6.45) is 3.86. The number of halogens is 1. The van der Waals surface area contributed by atoms with Crippen molar-refractivity contribution in [3.05, 3.63) is 57.4 Å². The lowest BCUT2D eigenvalue weighted by atomic mass is 9.93. The quantitative estimate of drug-likeness (QED) is 0.273. The second kappa shape index (κ2) is 7.99. The van der Waals surface area contributed by atoms with Crippen LogP contribution in [0.2, 0.25) is 0 Å². The molecule has 1 saturated heterocycles. The van der Waals surface area contributed by atoms with Crippen LogP contribution in [0.3, 0.4) is 0 Å². The van der Waals surface area contributed by atoms with Crippen LogP contribution in [0, 0.1) is 15.9 Å². The zero-order chi connectivity index (χ0) is 22.6. The van der Waals surface area contributed by atoms with Crippen molar-refractivity contribution in [1.29, 1.82) is 0 Å². The number of benzene rings is 2. The SMILES string of the molecule is Cc1c(C2CCOCC2)n(-c2ccc(I)cc2)c2cc3cnn(C(=O)C(C)(C)C)c3cc12. The number of rotatable bonds is 2. The van der Waals surface area contributed by atoms with Crippen LogP contribution in [-0.4, -0.2) is 33.5 Å². The minimum atomic E-state index is -0.497. The van der Waals surface area contributed by atoms with Crippen LogP contribution in [-0.2, 0) is 4.74 Å². The molecule has 1 aliphatic rings. The topological polar surface area (TPSA) is 49.0 Å². The van der Waals surface area contributed by atoms with Crippen LogP contribution in [0.15, 0.2) is 42.6 Å². The molecule has 6 heteroatoms. The van der Waals surface area contributed by atoms with Gasteiger partial charge in [-0.05, 0) is 84.3 Å². The predicted molar refractivity (Wildman–Crippen MR) is 137 cm³/mol. The monoisotopic (exact) mass is 541 g/mol. The maximum atomic E-state index is 13.0. The van der Waals surface area contributed by atoms with E-state index < -0.39 is 5.41 Å². The highest BCUT2D eigenvalue weighted by Gasteiger charge is 2.28. The molecule has 0 aliphatic carbocycles. The van der Waals surface area contributed by atoms with Gasteiger partial charge in [-0.25, -0.2) is 0 Å². The number of aromatic nitrogens is 3. The van der Waals surface area contributed by atoms with Gasteiger partial charge in [0.05, 0.1) is 17.2 Å². The summed E-state index contributed by atoms with van der Waals surface area (Å²) in [5.74, 6) is 0.456.